The van der Waals surface area contributed by atoms with Crippen LogP contribution in [0.1, 0.15) is 45.1 Å². The maximum atomic E-state index is 12.4. The zero-order chi connectivity index (χ0) is 20.7. The van der Waals surface area contributed by atoms with Gasteiger partial charge in [0, 0.05) is 36.2 Å². The van der Waals surface area contributed by atoms with E-state index in [9.17, 15) is 4.79 Å². The lowest BCUT2D eigenvalue weighted by atomic mass is 9.69. The molecule has 1 aliphatic heterocycles. The van der Waals surface area contributed by atoms with Crippen molar-refractivity contribution in [3.05, 3.63) is 66.4 Å². The monoisotopic (exact) mass is 398 g/mol. The second kappa shape index (κ2) is 7.54. The van der Waals surface area contributed by atoms with Crippen molar-refractivity contribution < 1.29 is 4.79 Å². The van der Waals surface area contributed by atoms with E-state index in [4.69, 9.17) is 0 Å². The third-order valence-electron chi connectivity index (χ3n) is 7.31. The van der Waals surface area contributed by atoms with Gasteiger partial charge in [0.2, 0.25) is 5.91 Å². The number of fused-ring (bicyclic) bond motifs is 1. The number of para-hydroxylation sites is 1. The van der Waals surface area contributed by atoms with Gasteiger partial charge in [-0.05, 0) is 60.3 Å². The Hall–Kier alpha value is -2.68. The number of aromatic nitrogens is 1. The molecule has 30 heavy (non-hydrogen) atoms. The van der Waals surface area contributed by atoms with Crippen LogP contribution in [-0.4, -0.2) is 28.9 Å². The first-order chi connectivity index (χ1) is 14.5. The highest BCUT2D eigenvalue weighted by molar-refractivity contribution is 5.83. The minimum atomic E-state index is 0.106. The second-order valence-corrected chi connectivity index (χ2v) is 9.59. The fourth-order valence-electron chi connectivity index (χ4n) is 4.97. The van der Waals surface area contributed by atoms with E-state index in [1.807, 2.05) is 18.3 Å². The zero-order valence-electron chi connectivity index (χ0n) is 18.0. The Bertz CT molecular complexity index is 1060. The van der Waals surface area contributed by atoms with E-state index in [1.165, 1.54) is 16.5 Å². The molecule has 154 valence electrons. The van der Waals surface area contributed by atoms with Gasteiger partial charge in [0.15, 0.2) is 0 Å². The summed E-state index contributed by atoms with van der Waals surface area (Å²) in [6.07, 6.45) is 6.37. The van der Waals surface area contributed by atoms with Gasteiger partial charge in [-0.2, -0.15) is 0 Å². The van der Waals surface area contributed by atoms with E-state index in [1.54, 1.807) is 0 Å². The molecule has 0 N–H and O–H groups in total. The van der Waals surface area contributed by atoms with Crippen molar-refractivity contribution >= 4 is 16.8 Å². The largest absolute Gasteiger partial charge is 0.342 e. The summed E-state index contributed by atoms with van der Waals surface area (Å²) in [5.41, 5.74) is 4.88. The molecule has 1 amide bonds. The van der Waals surface area contributed by atoms with Crippen LogP contribution in [0.15, 0.2) is 60.8 Å². The van der Waals surface area contributed by atoms with Crippen LogP contribution in [0.3, 0.4) is 0 Å². The van der Waals surface area contributed by atoms with Gasteiger partial charge in [0.25, 0.3) is 0 Å². The van der Waals surface area contributed by atoms with Crippen molar-refractivity contribution in [2.24, 2.45) is 11.8 Å². The summed E-state index contributed by atoms with van der Waals surface area (Å²) < 4.78 is 0. The van der Waals surface area contributed by atoms with Gasteiger partial charge in [-0.15, -0.1) is 0 Å². The number of nitrogens with zero attached hydrogens (tertiary/aromatic N) is 2. The molecule has 1 saturated carbocycles. The number of benzene rings is 2. The lowest BCUT2D eigenvalue weighted by Gasteiger charge is -2.41. The average molecular weight is 399 g/mol. The molecule has 2 heterocycles. The van der Waals surface area contributed by atoms with Crippen LogP contribution < -0.4 is 0 Å². The summed E-state index contributed by atoms with van der Waals surface area (Å²) in [6, 6.07) is 19.5. The standard InChI is InChI=1S/C27H30N2O/c1-27(2,24-13-15-29(16-14-24)26(30)20-7-8-20)23-11-9-19(10-12-23)22-17-21-5-3-4-6-25(21)28-18-22/h3-6,9-12,17-18,20,24H,7-8,13-16H2,1-2H3. The van der Waals surface area contributed by atoms with Crippen molar-refractivity contribution in [1.82, 2.24) is 9.88 Å². The van der Waals surface area contributed by atoms with Gasteiger partial charge in [-0.1, -0.05) is 56.3 Å². The summed E-state index contributed by atoms with van der Waals surface area (Å²) in [7, 11) is 0. The fraction of sp³-hybridized carbons (Fsp3) is 0.407. The molecule has 0 spiro atoms. The molecule has 3 aromatic rings. The molecule has 2 aromatic carbocycles. The third-order valence-corrected chi connectivity index (χ3v) is 7.31. The molecule has 3 nitrogen and oxygen atoms in total. The molecule has 0 unspecified atom stereocenters. The van der Waals surface area contributed by atoms with E-state index < -0.39 is 0 Å². The van der Waals surface area contributed by atoms with E-state index in [0.29, 0.717) is 17.7 Å². The van der Waals surface area contributed by atoms with Gasteiger partial charge in [-0.3, -0.25) is 9.78 Å². The highest BCUT2D eigenvalue weighted by atomic mass is 16.2. The lowest BCUT2D eigenvalue weighted by Crippen LogP contribution is -2.43. The molecule has 2 aliphatic rings. The van der Waals surface area contributed by atoms with Crippen LogP contribution >= 0.6 is 0 Å². The first-order valence-corrected chi connectivity index (χ1v) is 11.3. The first kappa shape index (κ1) is 19.3. The number of carbonyl (C=O) groups is 1. The van der Waals surface area contributed by atoms with Crippen LogP contribution in [0.5, 0.6) is 0 Å². The van der Waals surface area contributed by atoms with E-state index >= 15 is 0 Å². The number of hydrogen-bond donors (Lipinski definition) is 0. The fourth-order valence-corrected chi connectivity index (χ4v) is 4.97. The molecular weight excluding hydrogens is 368 g/mol. The molecule has 0 bridgehead atoms. The molecule has 1 saturated heterocycles. The Balaban J connectivity index is 1.30. The molecule has 2 fully saturated rings. The maximum Gasteiger partial charge on any atom is 0.225 e. The molecule has 0 atom stereocenters. The topological polar surface area (TPSA) is 33.2 Å². The Labute approximate surface area is 179 Å². The molecule has 0 radical (unpaired) electrons. The van der Waals surface area contributed by atoms with E-state index in [-0.39, 0.29) is 5.41 Å². The molecule has 5 rings (SSSR count). The maximum absolute atomic E-state index is 12.4. The quantitative estimate of drug-likeness (QED) is 0.554. The molecular formula is C27H30N2O. The minimum Gasteiger partial charge on any atom is -0.342 e. The number of pyridine rings is 1. The summed E-state index contributed by atoms with van der Waals surface area (Å²) >= 11 is 0. The summed E-state index contributed by atoms with van der Waals surface area (Å²) in [4.78, 5) is 19.1. The van der Waals surface area contributed by atoms with Crippen LogP contribution in [0.2, 0.25) is 0 Å². The van der Waals surface area contributed by atoms with Gasteiger partial charge < -0.3 is 4.90 Å². The smallest absolute Gasteiger partial charge is 0.225 e. The van der Waals surface area contributed by atoms with Crippen molar-refractivity contribution in [3.63, 3.8) is 0 Å². The van der Waals surface area contributed by atoms with Crippen molar-refractivity contribution in [2.45, 2.75) is 44.9 Å². The lowest BCUT2D eigenvalue weighted by molar-refractivity contribution is -0.134. The Kier molecular flexibility index (Phi) is 4.85. The van der Waals surface area contributed by atoms with Crippen LogP contribution in [0.4, 0.5) is 0 Å². The average Bonchev–Trinajstić information content (AvgIpc) is 3.64. The number of amides is 1. The number of likely N-dealkylation sites (tertiary alicyclic amines) is 1. The highest BCUT2D eigenvalue weighted by Gasteiger charge is 2.38. The summed E-state index contributed by atoms with van der Waals surface area (Å²) in [5, 5.41) is 1.17. The van der Waals surface area contributed by atoms with Gasteiger partial charge in [0.1, 0.15) is 0 Å². The van der Waals surface area contributed by atoms with Crippen molar-refractivity contribution in [3.8, 4) is 11.1 Å². The molecule has 3 heteroatoms. The summed E-state index contributed by atoms with van der Waals surface area (Å²) in [6.45, 7) is 6.57. The van der Waals surface area contributed by atoms with Crippen LogP contribution in [-0.2, 0) is 10.2 Å². The Morgan fingerprint density at radius 2 is 1.63 bits per heavy atom. The summed E-state index contributed by atoms with van der Waals surface area (Å²) in [5.74, 6) is 1.35. The first-order valence-electron chi connectivity index (χ1n) is 11.3. The normalized spacial score (nSPS) is 18.0. The van der Waals surface area contributed by atoms with Gasteiger partial charge in [0.05, 0.1) is 5.52 Å². The number of hydrogen-bond acceptors (Lipinski definition) is 2. The molecule has 1 aromatic heterocycles. The van der Waals surface area contributed by atoms with Gasteiger partial charge in [-0.25, -0.2) is 0 Å². The molecule has 1 aliphatic carbocycles. The predicted octanol–water partition coefficient (Wildman–Crippen LogP) is 5.83. The van der Waals surface area contributed by atoms with Crippen molar-refractivity contribution in [1.29, 1.82) is 0 Å². The number of carbonyl (C=O) groups excluding carboxylic acids is 1. The highest BCUT2D eigenvalue weighted by Crippen LogP contribution is 2.40. The van der Waals surface area contributed by atoms with E-state index in [0.717, 1.165) is 49.9 Å². The van der Waals surface area contributed by atoms with Crippen molar-refractivity contribution in [2.75, 3.05) is 13.1 Å². The Morgan fingerprint density at radius 1 is 0.933 bits per heavy atom. The minimum absolute atomic E-state index is 0.106. The second-order valence-electron chi connectivity index (χ2n) is 9.59. The van der Waals surface area contributed by atoms with Crippen LogP contribution in [0.25, 0.3) is 22.0 Å². The number of piperidine rings is 1. The third kappa shape index (κ3) is 3.62. The number of rotatable bonds is 4. The van der Waals surface area contributed by atoms with Crippen LogP contribution in [0, 0.1) is 11.8 Å². The van der Waals surface area contributed by atoms with E-state index in [2.05, 4.69) is 66.2 Å². The van der Waals surface area contributed by atoms with Gasteiger partial charge >= 0.3 is 0 Å². The Morgan fingerprint density at radius 3 is 2.33 bits per heavy atom. The zero-order valence-corrected chi connectivity index (χ0v) is 18.0. The predicted molar refractivity (Wildman–Crippen MR) is 122 cm³/mol. The SMILES string of the molecule is CC(C)(c1ccc(-c2cnc3ccccc3c2)cc1)C1CCN(C(=O)C2CC2)CC1.